The maximum absolute atomic E-state index is 4.68. The molecule has 0 saturated carbocycles. The molecule has 2 heterocycles. The van der Waals surface area contributed by atoms with E-state index < -0.39 is 0 Å². The Bertz CT molecular complexity index is 489. The van der Waals surface area contributed by atoms with Gasteiger partial charge in [0.2, 0.25) is 0 Å². The molecular weight excluding hydrogens is 240 g/mol. The van der Waals surface area contributed by atoms with Crippen molar-refractivity contribution in [2.45, 2.75) is 27.3 Å². The van der Waals surface area contributed by atoms with Gasteiger partial charge in [0.15, 0.2) is 0 Å². The van der Waals surface area contributed by atoms with Crippen LogP contribution in [0.25, 0.3) is 10.6 Å². The maximum Gasteiger partial charge on any atom is 0.0805 e. The molecule has 3 heteroatoms. The minimum atomic E-state index is 0.684. The monoisotopic (exact) mass is 260 g/mol. The summed E-state index contributed by atoms with van der Waals surface area (Å²) in [5.74, 6) is 0.684. The summed E-state index contributed by atoms with van der Waals surface area (Å²) in [6.07, 6.45) is 0. The summed E-state index contributed by atoms with van der Waals surface area (Å²) >= 11 is 1.73. The van der Waals surface area contributed by atoms with Crippen molar-refractivity contribution in [1.29, 1.82) is 0 Å². The summed E-state index contributed by atoms with van der Waals surface area (Å²) in [4.78, 5) is 5.92. The smallest absolute Gasteiger partial charge is 0.0805 e. The largest absolute Gasteiger partial charge is 0.312 e. The van der Waals surface area contributed by atoms with Gasteiger partial charge in [-0.3, -0.25) is 4.98 Å². The van der Waals surface area contributed by atoms with E-state index in [9.17, 15) is 0 Å². The lowest BCUT2D eigenvalue weighted by Crippen LogP contribution is -2.19. The molecule has 18 heavy (non-hydrogen) atoms. The number of thiophene rings is 1. The lowest BCUT2D eigenvalue weighted by Gasteiger charge is -2.10. The Kier molecular flexibility index (Phi) is 4.50. The molecule has 2 nitrogen and oxygen atoms in total. The van der Waals surface area contributed by atoms with Crippen molar-refractivity contribution >= 4 is 11.3 Å². The van der Waals surface area contributed by atoms with Gasteiger partial charge in [0, 0.05) is 12.2 Å². The van der Waals surface area contributed by atoms with Crippen LogP contribution in [0.4, 0.5) is 0 Å². The van der Waals surface area contributed by atoms with Gasteiger partial charge < -0.3 is 5.32 Å². The number of hydrogen-bond acceptors (Lipinski definition) is 3. The Morgan fingerprint density at radius 3 is 2.72 bits per heavy atom. The van der Waals surface area contributed by atoms with E-state index in [-0.39, 0.29) is 0 Å². The van der Waals surface area contributed by atoms with Crippen LogP contribution < -0.4 is 5.32 Å². The van der Waals surface area contributed by atoms with Crippen LogP contribution >= 0.6 is 11.3 Å². The van der Waals surface area contributed by atoms with Crippen LogP contribution in [-0.4, -0.2) is 11.5 Å². The predicted molar refractivity (Wildman–Crippen MR) is 78.8 cm³/mol. The summed E-state index contributed by atoms with van der Waals surface area (Å²) in [5, 5.41) is 5.55. The third-order valence-electron chi connectivity index (χ3n) is 2.84. The van der Waals surface area contributed by atoms with E-state index in [0.717, 1.165) is 24.5 Å². The van der Waals surface area contributed by atoms with E-state index in [1.807, 2.05) is 0 Å². The number of nitrogens with zero attached hydrogens (tertiary/aromatic N) is 1. The molecule has 0 aliphatic rings. The number of aromatic nitrogens is 1. The highest BCUT2D eigenvalue weighted by molar-refractivity contribution is 7.13. The summed E-state index contributed by atoms with van der Waals surface area (Å²) < 4.78 is 0. The topological polar surface area (TPSA) is 24.9 Å². The van der Waals surface area contributed by atoms with Gasteiger partial charge in [-0.2, -0.15) is 0 Å². The first-order valence-electron chi connectivity index (χ1n) is 6.38. The Hall–Kier alpha value is -1.19. The summed E-state index contributed by atoms with van der Waals surface area (Å²) in [6, 6.07) is 8.48. The van der Waals surface area contributed by atoms with Crippen LogP contribution in [0.1, 0.15) is 25.1 Å². The van der Waals surface area contributed by atoms with Crippen molar-refractivity contribution in [2.75, 3.05) is 6.54 Å². The van der Waals surface area contributed by atoms with Crippen molar-refractivity contribution in [3.8, 4) is 10.6 Å². The first kappa shape index (κ1) is 13.2. The standard InChI is InChI=1S/C15H20N2S/c1-11(2)9-16-10-13-6-7-14(17-12(13)3)15-5-4-8-18-15/h4-8,11,16H,9-10H2,1-3H3. The Balaban J connectivity index is 2.06. The van der Waals surface area contributed by atoms with Gasteiger partial charge in [-0.15, -0.1) is 11.3 Å². The highest BCUT2D eigenvalue weighted by atomic mass is 32.1. The highest BCUT2D eigenvalue weighted by Crippen LogP contribution is 2.23. The molecule has 0 saturated heterocycles. The summed E-state index contributed by atoms with van der Waals surface area (Å²) in [7, 11) is 0. The van der Waals surface area contributed by atoms with Crippen LogP contribution in [0.2, 0.25) is 0 Å². The van der Waals surface area contributed by atoms with E-state index in [1.165, 1.54) is 10.4 Å². The number of hydrogen-bond donors (Lipinski definition) is 1. The average Bonchev–Trinajstić information content (AvgIpc) is 2.84. The number of nitrogens with one attached hydrogen (secondary N) is 1. The van der Waals surface area contributed by atoms with Gasteiger partial charge in [0.05, 0.1) is 10.6 Å². The first-order valence-corrected chi connectivity index (χ1v) is 7.26. The van der Waals surface area contributed by atoms with Crippen molar-refractivity contribution in [3.05, 3.63) is 40.9 Å². The Morgan fingerprint density at radius 2 is 2.11 bits per heavy atom. The average molecular weight is 260 g/mol. The number of pyridine rings is 1. The third-order valence-corrected chi connectivity index (χ3v) is 3.73. The molecule has 0 atom stereocenters. The number of rotatable bonds is 5. The van der Waals surface area contributed by atoms with Gasteiger partial charge in [0.1, 0.15) is 0 Å². The Labute approximate surface area is 113 Å². The molecule has 0 aromatic carbocycles. The van der Waals surface area contributed by atoms with Gasteiger partial charge in [-0.25, -0.2) is 0 Å². The fourth-order valence-corrected chi connectivity index (χ4v) is 2.53. The molecule has 0 aliphatic heterocycles. The fraction of sp³-hybridized carbons (Fsp3) is 0.400. The van der Waals surface area contributed by atoms with E-state index in [4.69, 9.17) is 0 Å². The normalized spacial score (nSPS) is 11.1. The zero-order valence-corrected chi connectivity index (χ0v) is 12.1. The van der Waals surface area contributed by atoms with Crippen LogP contribution in [0.3, 0.4) is 0 Å². The van der Waals surface area contributed by atoms with E-state index in [2.05, 4.69) is 60.7 Å². The van der Waals surface area contributed by atoms with E-state index in [0.29, 0.717) is 5.92 Å². The second-order valence-electron chi connectivity index (χ2n) is 4.94. The lowest BCUT2D eigenvalue weighted by molar-refractivity contribution is 0.551. The van der Waals surface area contributed by atoms with Crippen molar-refractivity contribution in [1.82, 2.24) is 10.3 Å². The molecule has 0 amide bonds. The zero-order valence-electron chi connectivity index (χ0n) is 11.2. The molecule has 96 valence electrons. The van der Waals surface area contributed by atoms with Crippen molar-refractivity contribution in [3.63, 3.8) is 0 Å². The molecule has 0 unspecified atom stereocenters. The van der Waals surface area contributed by atoms with Gasteiger partial charge in [0.25, 0.3) is 0 Å². The minimum Gasteiger partial charge on any atom is -0.312 e. The van der Waals surface area contributed by atoms with Crippen LogP contribution in [0.5, 0.6) is 0 Å². The van der Waals surface area contributed by atoms with Crippen LogP contribution in [-0.2, 0) is 6.54 Å². The molecule has 0 radical (unpaired) electrons. The minimum absolute atomic E-state index is 0.684. The number of aryl methyl sites for hydroxylation is 1. The predicted octanol–water partition coefficient (Wildman–Crippen LogP) is 3.86. The second kappa shape index (κ2) is 6.12. The van der Waals surface area contributed by atoms with Gasteiger partial charge >= 0.3 is 0 Å². The quantitative estimate of drug-likeness (QED) is 0.883. The molecule has 2 rings (SSSR count). The Morgan fingerprint density at radius 1 is 1.28 bits per heavy atom. The zero-order chi connectivity index (χ0) is 13.0. The van der Waals surface area contributed by atoms with Gasteiger partial charge in [-0.05, 0) is 42.5 Å². The summed E-state index contributed by atoms with van der Waals surface area (Å²) in [5.41, 5.74) is 3.49. The molecular formula is C15H20N2S. The molecule has 2 aromatic rings. The molecule has 1 N–H and O–H groups in total. The molecule has 0 fully saturated rings. The summed E-state index contributed by atoms with van der Waals surface area (Å²) in [6.45, 7) is 8.48. The molecule has 0 bridgehead atoms. The fourth-order valence-electron chi connectivity index (χ4n) is 1.83. The first-order chi connectivity index (χ1) is 8.66. The molecule has 2 aromatic heterocycles. The highest BCUT2D eigenvalue weighted by Gasteiger charge is 2.04. The SMILES string of the molecule is Cc1nc(-c2cccs2)ccc1CNCC(C)C. The van der Waals surface area contributed by atoms with Crippen molar-refractivity contribution in [2.24, 2.45) is 5.92 Å². The van der Waals surface area contributed by atoms with Crippen molar-refractivity contribution < 1.29 is 0 Å². The van der Waals surface area contributed by atoms with E-state index in [1.54, 1.807) is 11.3 Å². The molecule has 0 spiro atoms. The van der Waals surface area contributed by atoms with Crippen LogP contribution in [0, 0.1) is 12.8 Å². The second-order valence-corrected chi connectivity index (χ2v) is 5.89. The molecule has 0 aliphatic carbocycles. The van der Waals surface area contributed by atoms with Gasteiger partial charge in [-0.1, -0.05) is 26.0 Å². The van der Waals surface area contributed by atoms with E-state index >= 15 is 0 Å². The third kappa shape index (κ3) is 3.40. The lowest BCUT2D eigenvalue weighted by atomic mass is 10.1. The van der Waals surface area contributed by atoms with Crippen LogP contribution in [0.15, 0.2) is 29.6 Å². The maximum atomic E-state index is 4.68.